The molecule has 1 aromatic heterocycles. The van der Waals surface area contributed by atoms with Crippen molar-refractivity contribution >= 4 is 27.7 Å². The number of pyridine rings is 1. The third kappa shape index (κ3) is 4.84. The highest BCUT2D eigenvalue weighted by Gasteiger charge is 2.30. The van der Waals surface area contributed by atoms with Gasteiger partial charge in [0.05, 0.1) is 6.54 Å². The van der Waals surface area contributed by atoms with Crippen molar-refractivity contribution in [2.75, 3.05) is 11.9 Å². The van der Waals surface area contributed by atoms with E-state index in [1.807, 2.05) is 6.07 Å². The van der Waals surface area contributed by atoms with Crippen LogP contribution in [0.4, 0.5) is 10.2 Å². The van der Waals surface area contributed by atoms with Gasteiger partial charge in [0.1, 0.15) is 11.6 Å². The lowest BCUT2D eigenvalue weighted by molar-refractivity contribution is -0.117. The number of hydrogen-bond donors (Lipinski definition) is 1. The predicted octanol–water partition coefficient (Wildman–Crippen LogP) is 3.59. The summed E-state index contributed by atoms with van der Waals surface area (Å²) in [5, 5.41) is 2.80. The summed E-state index contributed by atoms with van der Waals surface area (Å²) in [6.07, 6.45) is 3.85. The zero-order valence-electron chi connectivity index (χ0n) is 12.5. The molecule has 1 amide bonds. The highest BCUT2D eigenvalue weighted by Crippen LogP contribution is 2.28. The maximum Gasteiger partial charge on any atom is 0.239 e. The van der Waals surface area contributed by atoms with E-state index in [2.05, 4.69) is 31.1 Å². The third-order valence-electron chi connectivity index (χ3n) is 3.70. The maximum absolute atomic E-state index is 13.0. The van der Waals surface area contributed by atoms with Gasteiger partial charge in [-0.25, -0.2) is 9.37 Å². The van der Waals surface area contributed by atoms with Gasteiger partial charge in [-0.1, -0.05) is 12.1 Å². The fourth-order valence-corrected chi connectivity index (χ4v) is 2.63. The smallest absolute Gasteiger partial charge is 0.239 e. The van der Waals surface area contributed by atoms with Crippen LogP contribution < -0.4 is 5.32 Å². The Kier molecular flexibility index (Phi) is 5.03. The van der Waals surface area contributed by atoms with Crippen LogP contribution in [0.1, 0.15) is 18.4 Å². The number of anilines is 1. The highest BCUT2D eigenvalue weighted by molar-refractivity contribution is 9.10. The van der Waals surface area contributed by atoms with Crippen LogP contribution in [0.3, 0.4) is 0 Å². The van der Waals surface area contributed by atoms with E-state index in [0.717, 1.165) is 22.9 Å². The Balaban J connectivity index is 1.59. The number of amides is 1. The Morgan fingerprint density at radius 2 is 2.00 bits per heavy atom. The Bertz CT molecular complexity index is 671. The summed E-state index contributed by atoms with van der Waals surface area (Å²) < 4.78 is 13.9. The van der Waals surface area contributed by atoms with Crippen LogP contribution in [-0.4, -0.2) is 28.4 Å². The van der Waals surface area contributed by atoms with Gasteiger partial charge in [-0.15, -0.1) is 0 Å². The van der Waals surface area contributed by atoms with E-state index in [-0.39, 0.29) is 11.7 Å². The molecule has 0 spiro atoms. The van der Waals surface area contributed by atoms with Gasteiger partial charge in [0.2, 0.25) is 5.91 Å². The van der Waals surface area contributed by atoms with Gasteiger partial charge in [0, 0.05) is 23.3 Å². The number of nitrogens with zero attached hydrogens (tertiary/aromatic N) is 2. The van der Waals surface area contributed by atoms with E-state index < -0.39 is 0 Å². The summed E-state index contributed by atoms with van der Waals surface area (Å²) >= 11 is 3.31. The van der Waals surface area contributed by atoms with Crippen LogP contribution >= 0.6 is 15.9 Å². The zero-order chi connectivity index (χ0) is 16.2. The quantitative estimate of drug-likeness (QED) is 0.836. The summed E-state index contributed by atoms with van der Waals surface area (Å²) in [6, 6.07) is 10.4. The minimum Gasteiger partial charge on any atom is -0.310 e. The molecule has 0 radical (unpaired) electrons. The number of halogens is 2. The standard InChI is InChI=1S/C17H17BrFN3O/c18-13-3-8-16(20-9-13)21-17(23)11-22(15-6-7-15)10-12-1-4-14(19)5-2-12/h1-5,8-9,15H,6-7,10-11H2,(H,20,21,23). The first kappa shape index (κ1) is 16.1. The zero-order valence-corrected chi connectivity index (χ0v) is 14.1. The lowest BCUT2D eigenvalue weighted by Gasteiger charge is -2.21. The van der Waals surface area contributed by atoms with Crippen molar-refractivity contribution in [1.82, 2.24) is 9.88 Å². The topological polar surface area (TPSA) is 45.2 Å². The number of carbonyl (C=O) groups is 1. The third-order valence-corrected chi connectivity index (χ3v) is 4.17. The SMILES string of the molecule is O=C(CN(Cc1ccc(F)cc1)C1CC1)Nc1ccc(Br)cn1. The van der Waals surface area contributed by atoms with Gasteiger partial charge in [-0.05, 0) is 58.6 Å². The number of benzene rings is 1. The van der Waals surface area contributed by atoms with Crippen LogP contribution in [-0.2, 0) is 11.3 Å². The van der Waals surface area contributed by atoms with Crippen LogP contribution in [0.15, 0.2) is 47.1 Å². The normalized spacial score (nSPS) is 14.0. The van der Waals surface area contributed by atoms with Crippen molar-refractivity contribution in [3.05, 3.63) is 58.4 Å². The van der Waals surface area contributed by atoms with Gasteiger partial charge in [-0.2, -0.15) is 0 Å². The lowest BCUT2D eigenvalue weighted by atomic mass is 10.2. The molecule has 0 atom stereocenters. The van der Waals surface area contributed by atoms with Gasteiger partial charge in [-0.3, -0.25) is 9.69 Å². The molecule has 120 valence electrons. The molecule has 4 nitrogen and oxygen atoms in total. The molecule has 1 heterocycles. The molecule has 0 bridgehead atoms. The molecule has 2 aromatic rings. The Morgan fingerprint density at radius 1 is 1.26 bits per heavy atom. The van der Waals surface area contributed by atoms with E-state index in [9.17, 15) is 9.18 Å². The number of hydrogen-bond acceptors (Lipinski definition) is 3. The van der Waals surface area contributed by atoms with E-state index >= 15 is 0 Å². The van der Waals surface area contributed by atoms with Crippen molar-refractivity contribution < 1.29 is 9.18 Å². The van der Waals surface area contributed by atoms with Gasteiger partial charge < -0.3 is 5.32 Å². The molecule has 1 aliphatic carbocycles. The maximum atomic E-state index is 13.0. The molecule has 23 heavy (non-hydrogen) atoms. The predicted molar refractivity (Wildman–Crippen MR) is 90.4 cm³/mol. The largest absolute Gasteiger partial charge is 0.310 e. The Hall–Kier alpha value is -1.79. The van der Waals surface area contributed by atoms with Crippen LogP contribution in [0.5, 0.6) is 0 Å². The number of nitrogens with one attached hydrogen (secondary N) is 1. The molecule has 0 saturated heterocycles. The van der Waals surface area contributed by atoms with Crippen molar-refractivity contribution in [2.24, 2.45) is 0 Å². The van der Waals surface area contributed by atoms with Crippen LogP contribution in [0.25, 0.3) is 0 Å². The van der Waals surface area contributed by atoms with Crippen molar-refractivity contribution in [3.63, 3.8) is 0 Å². The summed E-state index contributed by atoms with van der Waals surface area (Å²) in [7, 11) is 0. The van der Waals surface area contributed by atoms with Crippen LogP contribution in [0.2, 0.25) is 0 Å². The van der Waals surface area contributed by atoms with Gasteiger partial charge >= 0.3 is 0 Å². The monoisotopic (exact) mass is 377 g/mol. The minimum absolute atomic E-state index is 0.0890. The summed E-state index contributed by atoms with van der Waals surface area (Å²) in [6.45, 7) is 0.950. The molecular formula is C17H17BrFN3O. The first-order valence-electron chi connectivity index (χ1n) is 7.50. The van der Waals surface area contributed by atoms with Gasteiger partial charge in [0.15, 0.2) is 0 Å². The summed E-state index contributed by atoms with van der Waals surface area (Å²) in [5.74, 6) is 0.204. The van der Waals surface area contributed by atoms with E-state index in [1.54, 1.807) is 24.4 Å². The van der Waals surface area contributed by atoms with E-state index in [0.29, 0.717) is 24.9 Å². The van der Waals surface area contributed by atoms with Crippen molar-refractivity contribution in [2.45, 2.75) is 25.4 Å². The van der Waals surface area contributed by atoms with Crippen LogP contribution in [0, 0.1) is 5.82 Å². The second kappa shape index (κ2) is 7.19. The molecule has 1 saturated carbocycles. The molecule has 6 heteroatoms. The second-order valence-corrected chi connectivity index (χ2v) is 6.59. The number of aromatic nitrogens is 1. The highest BCUT2D eigenvalue weighted by atomic mass is 79.9. The molecule has 1 aliphatic rings. The molecule has 3 rings (SSSR count). The number of carbonyl (C=O) groups excluding carboxylic acids is 1. The van der Waals surface area contributed by atoms with E-state index in [4.69, 9.17) is 0 Å². The Labute approximate surface area is 142 Å². The fourth-order valence-electron chi connectivity index (χ4n) is 2.39. The van der Waals surface area contributed by atoms with Crippen molar-refractivity contribution in [1.29, 1.82) is 0 Å². The molecule has 1 aromatic carbocycles. The first-order valence-corrected chi connectivity index (χ1v) is 8.29. The minimum atomic E-state index is -0.245. The lowest BCUT2D eigenvalue weighted by Crippen LogP contribution is -2.34. The average molecular weight is 378 g/mol. The number of rotatable bonds is 6. The summed E-state index contributed by atoms with van der Waals surface area (Å²) in [5.41, 5.74) is 1.01. The second-order valence-electron chi connectivity index (χ2n) is 5.67. The average Bonchev–Trinajstić information content (AvgIpc) is 3.36. The molecule has 1 N–H and O–H groups in total. The molecule has 0 unspecified atom stereocenters. The summed E-state index contributed by atoms with van der Waals surface area (Å²) in [4.78, 5) is 18.5. The first-order chi connectivity index (χ1) is 11.1. The Morgan fingerprint density at radius 3 is 2.61 bits per heavy atom. The van der Waals surface area contributed by atoms with E-state index in [1.165, 1.54) is 12.1 Å². The van der Waals surface area contributed by atoms with Gasteiger partial charge in [0.25, 0.3) is 0 Å². The molecular weight excluding hydrogens is 361 g/mol. The fraction of sp³-hybridized carbons (Fsp3) is 0.294. The van der Waals surface area contributed by atoms with Crippen molar-refractivity contribution in [3.8, 4) is 0 Å². The molecule has 0 aliphatic heterocycles. The molecule has 1 fully saturated rings.